The van der Waals surface area contributed by atoms with Crippen LogP contribution in [0.15, 0.2) is 10.5 Å². The summed E-state index contributed by atoms with van der Waals surface area (Å²) in [6.07, 6.45) is 5.25. The lowest BCUT2D eigenvalue weighted by atomic mass is 10.1. The lowest BCUT2D eigenvalue weighted by Crippen LogP contribution is -2.00. The van der Waals surface area contributed by atoms with Crippen molar-refractivity contribution in [1.29, 1.82) is 0 Å². The van der Waals surface area contributed by atoms with E-state index in [-0.39, 0.29) is 5.92 Å². The summed E-state index contributed by atoms with van der Waals surface area (Å²) in [7, 11) is 1.33. The van der Waals surface area contributed by atoms with Crippen molar-refractivity contribution in [2.24, 2.45) is 0 Å². The fraction of sp³-hybridized carbons (Fsp3) is 0.364. The first-order chi connectivity index (χ1) is 6.60. The number of aryl methyl sites for hydroxylation is 1. The Bertz CT molecular complexity index is 382. The Labute approximate surface area is 83.1 Å². The monoisotopic (exact) mass is 192 g/mol. The first-order valence-electron chi connectivity index (χ1n) is 4.25. The number of carbonyl (C=O) groups is 1. The molecule has 0 radical (unpaired) electrons. The van der Waals surface area contributed by atoms with Gasteiger partial charge in [-0.3, -0.25) is 0 Å². The summed E-state index contributed by atoms with van der Waals surface area (Å²) >= 11 is 0. The van der Waals surface area contributed by atoms with Gasteiger partial charge in [0.2, 0.25) is 0 Å². The number of hydrogen-bond acceptors (Lipinski definition) is 3. The van der Waals surface area contributed by atoms with Crippen molar-refractivity contribution in [1.82, 2.24) is 0 Å². The van der Waals surface area contributed by atoms with Crippen LogP contribution in [0.1, 0.15) is 34.7 Å². The van der Waals surface area contributed by atoms with Crippen molar-refractivity contribution in [3.05, 3.63) is 23.2 Å². The molecule has 3 nitrogen and oxygen atoms in total. The number of esters is 1. The number of carbonyl (C=O) groups excluding carboxylic acids is 1. The van der Waals surface area contributed by atoms with E-state index in [1.54, 1.807) is 13.0 Å². The van der Waals surface area contributed by atoms with Gasteiger partial charge in [0.15, 0.2) is 0 Å². The van der Waals surface area contributed by atoms with E-state index in [1.165, 1.54) is 7.11 Å². The number of hydrogen-bond donors (Lipinski definition) is 0. The molecule has 1 rings (SSSR count). The Morgan fingerprint density at radius 1 is 1.71 bits per heavy atom. The van der Waals surface area contributed by atoms with E-state index in [4.69, 9.17) is 10.8 Å². The van der Waals surface area contributed by atoms with E-state index in [9.17, 15) is 4.79 Å². The second kappa shape index (κ2) is 4.01. The summed E-state index contributed by atoms with van der Waals surface area (Å²) in [4.78, 5) is 11.2. The molecule has 74 valence electrons. The maximum Gasteiger partial charge on any atom is 0.341 e. The van der Waals surface area contributed by atoms with Crippen molar-refractivity contribution in [2.45, 2.75) is 19.8 Å². The van der Waals surface area contributed by atoms with Gasteiger partial charge in [-0.1, -0.05) is 5.92 Å². The third-order valence-corrected chi connectivity index (χ3v) is 2.02. The van der Waals surface area contributed by atoms with E-state index in [1.807, 2.05) is 6.92 Å². The van der Waals surface area contributed by atoms with Gasteiger partial charge in [-0.2, -0.15) is 0 Å². The Kier molecular flexibility index (Phi) is 2.98. The Morgan fingerprint density at radius 3 is 2.86 bits per heavy atom. The quantitative estimate of drug-likeness (QED) is 0.532. The molecule has 1 aromatic rings. The van der Waals surface area contributed by atoms with E-state index in [2.05, 4.69) is 10.7 Å². The highest BCUT2D eigenvalue weighted by Crippen LogP contribution is 2.22. The Hall–Kier alpha value is -1.69. The number of rotatable bonds is 2. The molecule has 0 N–H and O–H groups in total. The number of furan rings is 1. The third-order valence-electron chi connectivity index (χ3n) is 2.02. The molecule has 0 fully saturated rings. The van der Waals surface area contributed by atoms with Crippen molar-refractivity contribution >= 4 is 5.97 Å². The predicted molar refractivity (Wildman–Crippen MR) is 52.0 cm³/mol. The highest BCUT2D eigenvalue weighted by molar-refractivity contribution is 5.90. The highest BCUT2D eigenvalue weighted by Gasteiger charge is 2.17. The zero-order chi connectivity index (χ0) is 10.7. The zero-order valence-electron chi connectivity index (χ0n) is 8.46. The molecule has 0 aromatic carbocycles. The molecule has 0 saturated carbocycles. The third kappa shape index (κ3) is 1.80. The summed E-state index contributed by atoms with van der Waals surface area (Å²) < 4.78 is 9.94. The molecule has 0 saturated heterocycles. The summed E-state index contributed by atoms with van der Waals surface area (Å²) in [6.45, 7) is 3.54. The summed E-state index contributed by atoms with van der Waals surface area (Å²) in [5.74, 6) is 3.15. The molecule has 0 bridgehead atoms. The molecule has 14 heavy (non-hydrogen) atoms. The summed E-state index contributed by atoms with van der Waals surface area (Å²) in [5, 5.41) is 0. The van der Waals surface area contributed by atoms with E-state index >= 15 is 0 Å². The van der Waals surface area contributed by atoms with Gasteiger partial charge >= 0.3 is 5.97 Å². The average Bonchev–Trinajstić information content (AvgIpc) is 2.58. The molecular formula is C11H12O3. The minimum absolute atomic E-state index is 0.132. The molecule has 0 aliphatic rings. The van der Waals surface area contributed by atoms with Crippen LogP contribution in [-0.4, -0.2) is 13.1 Å². The van der Waals surface area contributed by atoms with Gasteiger partial charge in [0.05, 0.1) is 13.0 Å². The molecule has 1 aromatic heterocycles. The van der Waals surface area contributed by atoms with Gasteiger partial charge in [-0.15, -0.1) is 6.42 Å². The molecule has 3 heteroatoms. The molecule has 1 atom stereocenters. The van der Waals surface area contributed by atoms with Gasteiger partial charge < -0.3 is 9.15 Å². The van der Waals surface area contributed by atoms with E-state index in [0.29, 0.717) is 17.1 Å². The zero-order valence-corrected chi connectivity index (χ0v) is 8.46. The molecule has 0 aliphatic carbocycles. The van der Waals surface area contributed by atoms with Crippen LogP contribution < -0.4 is 0 Å². The van der Waals surface area contributed by atoms with Crippen LogP contribution >= 0.6 is 0 Å². The van der Waals surface area contributed by atoms with E-state index in [0.717, 1.165) is 0 Å². The standard InChI is InChI=1S/C11H12O3/c1-5-7(2)10-6-9(8(3)14-10)11(12)13-4/h1,6-7H,2-4H3. The molecule has 0 amide bonds. The SMILES string of the molecule is C#CC(C)c1cc(C(=O)OC)c(C)o1. The van der Waals surface area contributed by atoms with E-state index < -0.39 is 5.97 Å². The first kappa shape index (κ1) is 10.4. The molecule has 1 heterocycles. The van der Waals surface area contributed by atoms with Crippen LogP contribution in [0.4, 0.5) is 0 Å². The van der Waals surface area contributed by atoms with Gasteiger partial charge in [-0.25, -0.2) is 4.79 Å². The van der Waals surface area contributed by atoms with Gasteiger partial charge in [-0.05, 0) is 19.9 Å². The Morgan fingerprint density at radius 2 is 2.36 bits per heavy atom. The summed E-state index contributed by atoms with van der Waals surface area (Å²) in [6, 6.07) is 1.63. The minimum atomic E-state index is -0.401. The lowest BCUT2D eigenvalue weighted by Gasteiger charge is -1.95. The molecular weight excluding hydrogens is 180 g/mol. The van der Waals surface area contributed by atoms with Crippen molar-refractivity contribution < 1.29 is 13.9 Å². The second-order valence-corrected chi connectivity index (χ2v) is 3.00. The normalized spacial score (nSPS) is 11.9. The fourth-order valence-corrected chi connectivity index (χ4v) is 1.11. The predicted octanol–water partition coefficient (Wildman–Crippen LogP) is 2.11. The number of terminal acetylenes is 1. The smallest absolute Gasteiger partial charge is 0.341 e. The lowest BCUT2D eigenvalue weighted by molar-refractivity contribution is 0.0599. The number of methoxy groups -OCH3 is 1. The number of ether oxygens (including phenoxy) is 1. The maximum absolute atomic E-state index is 11.2. The van der Waals surface area contributed by atoms with Crippen LogP contribution in [0.3, 0.4) is 0 Å². The van der Waals surface area contributed by atoms with Gasteiger partial charge in [0.1, 0.15) is 17.1 Å². The molecule has 1 unspecified atom stereocenters. The maximum atomic E-state index is 11.2. The summed E-state index contributed by atoms with van der Waals surface area (Å²) in [5.41, 5.74) is 0.435. The molecule has 0 aliphatic heterocycles. The van der Waals surface area contributed by atoms with Crippen LogP contribution in [0.2, 0.25) is 0 Å². The van der Waals surface area contributed by atoms with Gasteiger partial charge in [0, 0.05) is 0 Å². The van der Waals surface area contributed by atoms with Crippen molar-refractivity contribution in [3.8, 4) is 12.3 Å². The van der Waals surface area contributed by atoms with Crippen LogP contribution in [-0.2, 0) is 4.74 Å². The second-order valence-electron chi connectivity index (χ2n) is 3.00. The van der Waals surface area contributed by atoms with Crippen molar-refractivity contribution in [2.75, 3.05) is 7.11 Å². The Balaban J connectivity index is 3.06. The van der Waals surface area contributed by atoms with Crippen LogP contribution in [0, 0.1) is 19.3 Å². The topological polar surface area (TPSA) is 39.4 Å². The average molecular weight is 192 g/mol. The first-order valence-corrected chi connectivity index (χ1v) is 4.25. The molecule has 0 spiro atoms. The fourth-order valence-electron chi connectivity index (χ4n) is 1.11. The largest absolute Gasteiger partial charge is 0.465 e. The minimum Gasteiger partial charge on any atom is -0.465 e. The highest BCUT2D eigenvalue weighted by atomic mass is 16.5. The van der Waals surface area contributed by atoms with Crippen LogP contribution in [0.5, 0.6) is 0 Å². The van der Waals surface area contributed by atoms with Crippen molar-refractivity contribution in [3.63, 3.8) is 0 Å². The van der Waals surface area contributed by atoms with Crippen LogP contribution in [0.25, 0.3) is 0 Å². The van der Waals surface area contributed by atoms with Gasteiger partial charge in [0.25, 0.3) is 0 Å².